The molecule has 1 saturated heterocycles. The second-order valence-corrected chi connectivity index (χ2v) is 3.98. The first-order valence-corrected chi connectivity index (χ1v) is 4.94. The summed E-state index contributed by atoms with van der Waals surface area (Å²) in [6, 6.07) is -1.85. The molecular formula is C9H15N3O4. The number of aliphatic carboxylic acids is 1. The fraction of sp³-hybridized carbons (Fsp3) is 0.667. The first kappa shape index (κ1) is 12.4. The number of carboxylic acid groups (broad SMARTS) is 1. The lowest BCUT2D eigenvalue weighted by molar-refractivity contribution is -0.139. The Morgan fingerprint density at radius 2 is 2.19 bits per heavy atom. The lowest BCUT2D eigenvalue weighted by atomic mass is 9.99. The molecule has 7 heteroatoms. The van der Waals surface area contributed by atoms with Crippen molar-refractivity contribution >= 4 is 17.9 Å². The van der Waals surface area contributed by atoms with Gasteiger partial charge < -0.3 is 16.2 Å². The van der Waals surface area contributed by atoms with Gasteiger partial charge in [0.05, 0.1) is 6.54 Å². The summed E-state index contributed by atoms with van der Waals surface area (Å²) in [6.07, 6.45) is 0.441. The van der Waals surface area contributed by atoms with Gasteiger partial charge in [0.15, 0.2) is 0 Å². The molecular weight excluding hydrogens is 214 g/mol. The van der Waals surface area contributed by atoms with Crippen molar-refractivity contribution in [2.45, 2.75) is 31.8 Å². The SMILES string of the molecule is CCC1(C)NC(=O)N(CC(N)C(=O)O)C1=O. The van der Waals surface area contributed by atoms with Crippen LogP contribution < -0.4 is 11.1 Å². The van der Waals surface area contributed by atoms with Crippen LogP contribution in [-0.4, -0.2) is 46.0 Å². The van der Waals surface area contributed by atoms with Gasteiger partial charge in [-0.05, 0) is 13.3 Å². The Morgan fingerprint density at radius 3 is 2.56 bits per heavy atom. The van der Waals surface area contributed by atoms with Crippen molar-refractivity contribution in [2.75, 3.05) is 6.54 Å². The van der Waals surface area contributed by atoms with Crippen LogP contribution >= 0.6 is 0 Å². The van der Waals surface area contributed by atoms with Crippen LogP contribution in [0.1, 0.15) is 20.3 Å². The van der Waals surface area contributed by atoms with Gasteiger partial charge in [-0.15, -0.1) is 0 Å². The van der Waals surface area contributed by atoms with Gasteiger partial charge in [0, 0.05) is 0 Å². The zero-order chi connectivity index (χ0) is 12.5. The van der Waals surface area contributed by atoms with Gasteiger partial charge in [-0.25, -0.2) is 4.79 Å². The highest BCUT2D eigenvalue weighted by Gasteiger charge is 2.47. The third-order valence-corrected chi connectivity index (χ3v) is 2.75. The molecule has 16 heavy (non-hydrogen) atoms. The summed E-state index contributed by atoms with van der Waals surface area (Å²) in [5, 5.41) is 11.1. The summed E-state index contributed by atoms with van der Waals surface area (Å²) in [6.45, 7) is 3.05. The van der Waals surface area contributed by atoms with E-state index in [0.717, 1.165) is 4.90 Å². The van der Waals surface area contributed by atoms with Crippen molar-refractivity contribution in [3.05, 3.63) is 0 Å². The number of hydrogen-bond acceptors (Lipinski definition) is 4. The van der Waals surface area contributed by atoms with Crippen LogP contribution in [0.5, 0.6) is 0 Å². The summed E-state index contributed by atoms with van der Waals surface area (Å²) in [5.74, 6) is -1.68. The summed E-state index contributed by atoms with van der Waals surface area (Å²) in [7, 11) is 0. The number of carbonyl (C=O) groups is 3. The van der Waals surface area contributed by atoms with Crippen molar-refractivity contribution in [3.8, 4) is 0 Å². The lowest BCUT2D eigenvalue weighted by Crippen LogP contribution is -2.47. The van der Waals surface area contributed by atoms with Crippen molar-refractivity contribution in [2.24, 2.45) is 5.73 Å². The molecule has 1 aliphatic heterocycles. The monoisotopic (exact) mass is 229 g/mol. The highest BCUT2D eigenvalue weighted by molar-refractivity contribution is 6.07. The first-order chi connectivity index (χ1) is 7.31. The summed E-state index contributed by atoms with van der Waals surface area (Å²) in [4.78, 5) is 34.7. The second kappa shape index (κ2) is 4.09. The largest absolute Gasteiger partial charge is 0.480 e. The van der Waals surface area contributed by atoms with Crippen LogP contribution in [0, 0.1) is 0 Å². The number of urea groups is 1. The molecule has 1 heterocycles. The minimum atomic E-state index is -1.26. The van der Waals surface area contributed by atoms with E-state index in [1.165, 1.54) is 0 Å². The maximum atomic E-state index is 11.8. The number of hydrogen-bond donors (Lipinski definition) is 3. The maximum Gasteiger partial charge on any atom is 0.325 e. The molecule has 1 fully saturated rings. The standard InChI is InChI=1S/C9H15N3O4/c1-3-9(2)7(15)12(8(16)11-9)4-5(10)6(13)14/h5H,3-4,10H2,1-2H3,(H,11,16)(H,13,14). The maximum absolute atomic E-state index is 11.8. The predicted octanol–water partition coefficient (Wildman–Crippen LogP) is -0.881. The molecule has 3 amide bonds. The number of imide groups is 1. The average molecular weight is 229 g/mol. The van der Waals surface area contributed by atoms with Crippen molar-refractivity contribution in [1.29, 1.82) is 0 Å². The number of nitrogens with two attached hydrogens (primary N) is 1. The van der Waals surface area contributed by atoms with Crippen LogP contribution in [0.15, 0.2) is 0 Å². The van der Waals surface area contributed by atoms with Gasteiger partial charge in [0.25, 0.3) is 5.91 Å². The van der Waals surface area contributed by atoms with Crippen molar-refractivity contribution in [1.82, 2.24) is 10.2 Å². The van der Waals surface area contributed by atoms with Crippen molar-refractivity contribution < 1.29 is 19.5 Å². The smallest absolute Gasteiger partial charge is 0.325 e. The number of carbonyl (C=O) groups excluding carboxylic acids is 2. The predicted molar refractivity (Wildman–Crippen MR) is 54.6 cm³/mol. The molecule has 0 aliphatic carbocycles. The van der Waals surface area contributed by atoms with Crippen molar-refractivity contribution in [3.63, 3.8) is 0 Å². The highest BCUT2D eigenvalue weighted by Crippen LogP contribution is 2.20. The van der Waals surface area contributed by atoms with Gasteiger partial charge in [0.2, 0.25) is 0 Å². The minimum absolute atomic E-state index is 0.310. The third kappa shape index (κ3) is 1.99. The van der Waals surface area contributed by atoms with E-state index in [-0.39, 0.29) is 6.54 Å². The Kier molecular flexibility index (Phi) is 3.18. The van der Waals surface area contributed by atoms with Crippen LogP contribution in [-0.2, 0) is 9.59 Å². The summed E-state index contributed by atoms with van der Waals surface area (Å²) in [5.41, 5.74) is 4.33. The van der Waals surface area contributed by atoms with E-state index >= 15 is 0 Å². The van der Waals surface area contributed by atoms with E-state index in [9.17, 15) is 14.4 Å². The van der Waals surface area contributed by atoms with Gasteiger partial charge in [-0.3, -0.25) is 14.5 Å². The number of nitrogens with one attached hydrogen (secondary N) is 1. The number of nitrogens with zero attached hydrogens (tertiary/aromatic N) is 1. The fourth-order valence-electron chi connectivity index (χ4n) is 1.43. The van der Waals surface area contributed by atoms with E-state index in [4.69, 9.17) is 10.8 Å². The molecule has 1 rings (SSSR count). The Morgan fingerprint density at radius 1 is 1.62 bits per heavy atom. The van der Waals surface area contributed by atoms with Gasteiger partial charge in [-0.2, -0.15) is 0 Å². The minimum Gasteiger partial charge on any atom is -0.480 e. The highest BCUT2D eigenvalue weighted by atomic mass is 16.4. The molecule has 7 nitrogen and oxygen atoms in total. The average Bonchev–Trinajstić information content (AvgIpc) is 2.42. The molecule has 0 bridgehead atoms. The third-order valence-electron chi connectivity index (χ3n) is 2.75. The Hall–Kier alpha value is -1.63. The van der Waals surface area contributed by atoms with Crippen LogP contribution in [0.25, 0.3) is 0 Å². The molecule has 2 unspecified atom stereocenters. The van der Waals surface area contributed by atoms with Crippen LogP contribution in [0.4, 0.5) is 4.79 Å². The topological polar surface area (TPSA) is 113 Å². The quantitative estimate of drug-likeness (QED) is 0.542. The molecule has 0 spiro atoms. The summed E-state index contributed by atoms with van der Waals surface area (Å²) < 4.78 is 0. The van der Waals surface area contributed by atoms with E-state index in [1.807, 2.05) is 0 Å². The van der Waals surface area contributed by atoms with Crippen LogP contribution in [0.2, 0.25) is 0 Å². The Labute approximate surface area is 92.6 Å². The Balaban J connectivity index is 2.80. The van der Waals surface area contributed by atoms with Gasteiger partial charge in [-0.1, -0.05) is 6.92 Å². The number of rotatable bonds is 4. The molecule has 2 atom stereocenters. The molecule has 0 aromatic rings. The number of carboxylic acids is 1. The Bertz CT molecular complexity index is 344. The molecule has 0 radical (unpaired) electrons. The zero-order valence-electron chi connectivity index (χ0n) is 9.19. The van der Waals surface area contributed by atoms with E-state index in [2.05, 4.69) is 5.32 Å². The van der Waals surface area contributed by atoms with Crippen LogP contribution in [0.3, 0.4) is 0 Å². The molecule has 4 N–H and O–H groups in total. The molecule has 0 saturated carbocycles. The molecule has 0 aromatic heterocycles. The van der Waals surface area contributed by atoms with E-state index in [1.54, 1.807) is 13.8 Å². The van der Waals surface area contributed by atoms with Gasteiger partial charge in [0.1, 0.15) is 11.6 Å². The van der Waals surface area contributed by atoms with E-state index < -0.39 is 29.5 Å². The number of amides is 3. The first-order valence-electron chi connectivity index (χ1n) is 4.94. The van der Waals surface area contributed by atoms with Gasteiger partial charge >= 0.3 is 12.0 Å². The normalized spacial score (nSPS) is 26.8. The lowest BCUT2D eigenvalue weighted by Gasteiger charge is -2.20. The fourth-order valence-corrected chi connectivity index (χ4v) is 1.43. The zero-order valence-corrected chi connectivity index (χ0v) is 9.19. The van der Waals surface area contributed by atoms with E-state index in [0.29, 0.717) is 6.42 Å². The summed E-state index contributed by atoms with van der Waals surface area (Å²) >= 11 is 0. The molecule has 0 aromatic carbocycles. The molecule has 90 valence electrons. The molecule has 1 aliphatic rings. The second-order valence-electron chi connectivity index (χ2n) is 3.98.